The van der Waals surface area contributed by atoms with Crippen LogP contribution in [0.15, 0.2) is 0 Å². The maximum atomic E-state index is 11.6. The Labute approximate surface area is 77.1 Å². The molecule has 0 aromatic heterocycles. The smallest absolute Gasteiger partial charge is 0.233 e. The molecule has 0 aromatic carbocycles. The Morgan fingerprint density at radius 1 is 1.38 bits per heavy atom. The molecule has 4 nitrogen and oxygen atoms in total. The summed E-state index contributed by atoms with van der Waals surface area (Å²) in [7, 11) is 0. The van der Waals surface area contributed by atoms with Crippen molar-refractivity contribution in [3.63, 3.8) is 0 Å². The van der Waals surface area contributed by atoms with E-state index >= 15 is 0 Å². The zero-order valence-electron chi connectivity index (χ0n) is 7.69. The molecule has 1 aliphatic heterocycles. The molecule has 2 rings (SSSR count). The summed E-state index contributed by atoms with van der Waals surface area (Å²) in [5, 5.41) is 0. The molecule has 72 valence electrons. The number of likely N-dealkylation sites (tertiary alicyclic amines) is 1. The molecule has 13 heavy (non-hydrogen) atoms. The topological polar surface area (TPSA) is 63.4 Å². The molecule has 2 aliphatic rings. The van der Waals surface area contributed by atoms with Crippen LogP contribution in [0.25, 0.3) is 0 Å². The van der Waals surface area contributed by atoms with Crippen LogP contribution >= 0.6 is 0 Å². The highest BCUT2D eigenvalue weighted by molar-refractivity contribution is 6.06. The number of amides is 2. The molecule has 1 aliphatic carbocycles. The number of carbonyl (C=O) groups is 2. The fourth-order valence-electron chi connectivity index (χ4n) is 2.07. The summed E-state index contributed by atoms with van der Waals surface area (Å²) in [6.45, 7) is 2.19. The van der Waals surface area contributed by atoms with Gasteiger partial charge in [0.15, 0.2) is 0 Å². The van der Waals surface area contributed by atoms with Crippen molar-refractivity contribution < 1.29 is 9.59 Å². The Bertz CT molecular complexity index is 240. The van der Waals surface area contributed by atoms with E-state index in [1.54, 1.807) is 6.92 Å². The van der Waals surface area contributed by atoms with Gasteiger partial charge in [-0.1, -0.05) is 0 Å². The number of rotatable bonds is 2. The summed E-state index contributed by atoms with van der Waals surface area (Å²) < 4.78 is 0. The van der Waals surface area contributed by atoms with Crippen LogP contribution in [-0.4, -0.2) is 29.3 Å². The van der Waals surface area contributed by atoms with Crippen LogP contribution in [0.1, 0.15) is 19.8 Å². The summed E-state index contributed by atoms with van der Waals surface area (Å²) in [6, 6.07) is -0.120. The van der Waals surface area contributed by atoms with Gasteiger partial charge in [-0.15, -0.1) is 0 Å². The van der Waals surface area contributed by atoms with E-state index in [1.165, 1.54) is 4.90 Å². The summed E-state index contributed by atoms with van der Waals surface area (Å²) in [5.41, 5.74) is 5.56. The summed E-state index contributed by atoms with van der Waals surface area (Å²) >= 11 is 0. The van der Waals surface area contributed by atoms with Gasteiger partial charge >= 0.3 is 0 Å². The predicted molar refractivity (Wildman–Crippen MR) is 46.6 cm³/mol. The Morgan fingerprint density at radius 3 is 2.15 bits per heavy atom. The maximum absolute atomic E-state index is 11.6. The molecule has 2 N–H and O–H groups in total. The zero-order chi connectivity index (χ0) is 9.59. The number of hydrogen-bond acceptors (Lipinski definition) is 3. The van der Waals surface area contributed by atoms with Gasteiger partial charge in [0, 0.05) is 12.6 Å². The Morgan fingerprint density at radius 2 is 1.85 bits per heavy atom. The van der Waals surface area contributed by atoms with Gasteiger partial charge < -0.3 is 5.73 Å². The van der Waals surface area contributed by atoms with Crippen molar-refractivity contribution in [3.8, 4) is 0 Å². The Balaban J connectivity index is 2.11. The average molecular weight is 182 g/mol. The van der Waals surface area contributed by atoms with Crippen LogP contribution in [0, 0.1) is 11.8 Å². The number of fused-ring (bicyclic) bond motifs is 1. The third-order valence-corrected chi connectivity index (χ3v) is 2.91. The number of hydrogen-bond donors (Lipinski definition) is 1. The lowest BCUT2D eigenvalue weighted by atomic mass is 9.76. The van der Waals surface area contributed by atoms with Crippen molar-refractivity contribution in [2.24, 2.45) is 17.6 Å². The third kappa shape index (κ3) is 1.16. The van der Waals surface area contributed by atoms with Gasteiger partial charge in [0.2, 0.25) is 11.8 Å². The van der Waals surface area contributed by atoms with E-state index in [-0.39, 0.29) is 29.7 Å². The SMILES string of the molecule is CC(N)CN1C(=O)C2CCC2C1=O. The summed E-state index contributed by atoms with van der Waals surface area (Å²) in [5.74, 6) is -0.0189. The molecule has 4 heteroatoms. The highest BCUT2D eigenvalue weighted by Crippen LogP contribution is 2.42. The minimum absolute atomic E-state index is 0.00134. The highest BCUT2D eigenvalue weighted by Gasteiger charge is 2.52. The van der Waals surface area contributed by atoms with Crippen LogP contribution < -0.4 is 5.73 Å². The van der Waals surface area contributed by atoms with Crippen molar-refractivity contribution in [2.45, 2.75) is 25.8 Å². The second-order valence-corrected chi connectivity index (χ2v) is 4.05. The number of carbonyl (C=O) groups excluding carboxylic acids is 2. The minimum atomic E-state index is -0.120. The predicted octanol–water partition coefficient (Wildman–Crippen LogP) is -0.271. The van der Waals surface area contributed by atoms with E-state index in [0.717, 1.165) is 12.8 Å². The molecule has 0 spiro atoms. The van der Waals surface area contributed by atoms with Crippen LogP contribution in [0.2, 0.25) is 0 Å². The molecular weight excluding hydrogens is 168 g/mol. The first-order valence-corrected chi connectivity index (χ1v) is 4.72. The van der Waals surface area contributed by atoms with Crippen molar-refractivity contribution >= 4 is 11.8 Å². The fraction of sp³-hybridized carbons (Fsp3) is 0.778. The summed E-state index contributed by atoms with van der Waals surface area (Å²) in [4.78, 5) is 24.5. The molecule has 0 aromatic rings. The monoisotopic (exact) mass is 182 g/mol. The number of nitrogens with zero attached hydrogens (tertiary/aromatic N) is 1. The molecule has 2 amide bonds. The minimum Gasteiger partial charge on any atom is -0.326 e. The quantitative estimate of drug-likeness (QED) is 0.598. The second-order valence-electron chi connectivity index (χ2n) is 4.05. The van der Waals surface area contributed by atoms with Gasteiger partial charge in [0.1, 0.15) is 0 Å². The molecule has 3 atom stereocenters. The van der Waals surface area contributed by atoms with Gasteiger partial charge in [-0.2, -0.15) is 0 Å². The van der Waals surface area contributed by atoms with Gasteiger partial charge in [-0.3, -0.25) is 14.5 Å². The van der Waals surface area contributed by atoms with Crippen molar-refractivity contribution in [3.05, 3.63) is 0 Å². The van der Waals surface area contributed by atoms with Crippen molar-refractivity contribution in [2.75, 3.05) is 6.54 Å². The normalized spacial score (nSPS) is 34.5. The Kier molecular flexibility index (Phi) is 1.87. The van der Waals surface area contributed by atoms with Gasteiger partial charge in [-0.25, -0.2) is 0 Å². The van der Waals surface area contributed by atoms with Gasteiger partial charge in [-0.05, 0) is 19.8 Å². The third-order valence-electron chi connectivity index (χ3n) is 2.91. The number of nitrogens with two attached hydrogens (primary N) is 1. The van der Waals surface area contributed by atoms with E-state index in [2.05, 4.69) is 0 Å². The molecule has 1 saturated carbocycles. The van der Waals surface area contributed by atoms with Gasteiger partial charge in [0.25, 0.3) is 0 Å². The molecule has 1 saturated heterocycles. The first-order valence-electron chi connectivity index (χ1n) is 4.72. The van der Waals surface area contributed by atoms with E-state index in [0.29, 0.717) is 6.54 Å². The van der Waals surface area contributed by atoms with Crippen LogP contribution in [0.3, 0.4) is 0 Å². The first kappa shape index (κ1) is 8.69. The second kappa shape index (κ2) is 2.80. The highest BCUT2D eigenvalue weighted by atomic mass is 16.2. The average Bonchev–Trinajstić information content (AvgIpc) is 2.08. The van der Waals surface area contributed by atoms with E-state index in [1.807, 2.05) is 0 Å². The standard InChI is InChI=1S/C9H14N2O2/c1-5(10)4-11-8(12)6-2-3-7(6)9(11)13/h5-7H,2-4,10H2,1H3. The molecule has 2 fully saturated rings. The lowest BCUT2D eigenvalue weighted by molar-refractivity contribution is -0.139. The van der Waals surface area contributed by atoms with Crippen LogP contribution in [0.4, 0.5) is 0 Å². The van der Waals surface area contributed by atoms with Crippen molar-refractivity contribution in [1.82, 2.24) is 4.90 Å². The molecule has 3 unspecified atom stereocenters. The first-order chi connectivity index (χ1) is 6.11. The lowest BCUT2D eigenvalue weighted by Crippen LogP contribution is -2.39. The van der Waals surface area contributed by atoms with Gasteiger partial charge in [0.05, 0.1) is 11.8 Å². The van der Waals surface area contributed by atoms with E-state index in [9.17, 15) is 9.59 Å². The van der Waals surface area contributed by atoms with E-state index in [4.69, 9.17) is 5.73 Å². The maximum Gasteiger partial charge on any atom is 0.233 e. The van der Waals surface area contributed by atoms with Crippen LogP contribution in [-0.2, 0) is 9.59 Å². The molecule has 1 heterocycles. The molecule has 0 radical (unpaired) electrons. The van der Waals surface area contributed by atoms with Crippen molar-refractivity contribution in [1.29, 1.82) is 0 Å². The number of imide groups is 1. The van der Waals surface area contributed by atoms with E-state index < -0.39 is 0 Å². The summed E-state index contributed by atoms with van der Waals surface area (Å²) in [6.07, 6.45) is 1.76. The molecular formula is C9H14N2O2. The largest absolute Gasteiger partial charge is 0.326 e. The fourth-order valence-corrected chi connectivity index (χ4v) is 2.07. The molecule has 0 bridgehead atoms. The Hall–Kier alpha value is -0.900. The van der Waals surface area contributed by atoms with Crippen LogP contribution in [0.5, 0.6) is 0 Å². The zero-order valence-corrected chi connectivity index (χ0v) is 7.69. The lowest BCUT2D eigenvalue weighted by Gasteiger charge is -2.24.